The van der Waals surface area contributed by atoms with Gasteiger partial charge < -0.3 is 15.0 Å². The molecule has 0 unspecified atom stereocenters. The van der Waals surface area contributed by atoms with E-state index in [0.717, 1.165) is 19.4 Å². The first-order chi connectivity index (χ1) is 11.5. The third kappa shape index (κ3) is 3.46. The molecule has 126 valence electrons. The molecule has 2 aromatic rings. The molecule has 1 aromatic carbocycles. The Hall–Kier alpha value is -2.67. The molecule has 3 N–H and O–H groups in total. The third-order valence-electron chi connectivity index (χ3n) is 4.06. The van der Waals surface area contributed by atoms with E-state index in [1.807, 2.05) is 0 Å². The number of aryl methyl sites for hydroxylation is 1. The van der Waals surface area contributed by atoms with E-state index in [0.29, 0.717) is 28.9 Å². The first kappa shape index (κ1) is 16.2. The average Bonchev–Trinajstić information content (AvgIpc) is 3.05. The molecule has 1 aliphatic rings. The fourth-order valence-corrected chi connectivity index (χ4v) is 2.88. The first-order valence-corrected chi connectivity index (χ1v) is 7.88. The maximum absolute atomic E-state index is 12.3. The predicted molar refractivity (Wildman–Crippen MR) is 89.2 cm³/mol. The summed E-state index contributed by atoms with van der Waals surface area (Å²) in [5.41, 5.74) is 0.814. The van der Waals surface area contributed by atoms with Gasteiger partial charge in [0.2, 0.25) is 0 Å². The van der Waals surface area contributed by atoms with Crippen LogP contribution in [0, 0.1) is 6.92 Å². The zero-order valence-corrected chi connectivity index (χ0v) is 13.3. The molecule has 0 radical (unpaired) electrons. The van der Waals surface area contributed by atoms with E-state index in [9.17, 15) is 14.4 Å². The molecule has 1 aromatic heterocycles. The van der Waals surface area contributed by atoms with Gasteiger partial charge >= 0.3 is 5.69 Å². The van der Waals surface area contributed by atoms with Crippen molar-refractivity contribution in [3.05, 3.63) is 56.4 Å². The lowest BCUT2D eigenvalue weighted by Gasteiger charge is -2.11. The number of nitrogens with one attached hydrogen (secondary N) is 3. The van der Waals surface area contributed by atoms with Crippen molar-refractivity contribution in [3.8, 4) is 11.1 Å². The van der Waals surface area contributed by atoms with Gasteiger partial charge in [0.05, 0.1) is 11.7 Å². The van der Waals surface area contributed by atoms with E-state index in [4.69, 9.17) is 4.74 Å². The summed E-state index contributed by atoms with van der Waals surface area (Å²) >= 11 is 0. The summed E-state index contributed by atoms with van der Waals surface area (Å²) in [6.07, 6.45) is 2.04. The van der Waals surface area contributed by atoms with E-state index in [-0.39, 0.29) is 12.0 Å². The Morgan fingerprint density at radius 1 is 1.33 bits per heavy atom. The molecule has 0 aliphatic carbocycles. The van der Waals surface area contributed by atoms with Crippen LogP contribution in [0.15, 0.2) is 33.9 Å². The topological polar surface area (TPSA) is 104 Å². The van der Waals surface area contributed by atoms with Crippen molar-refractivity contribution in [2.45, 2.75) is 25.9 Å². The van der Waals surface area contributed by atoms with Crippen LogP contribution in [0.4, 0.5) is 0 Å². The third-order valence-corrected chi connectivity index (χ3v) is 4.06. The normalized spacial score (nSPS) is 17.0. The van der Waals surface area contributed by atoms with Crippen molar-refractivity contribution in [1.82, 2.24) is 15.3 Å². The molecule has 24 heavy (non-hydrogen) atoms. The van der Waals surface area contributed by atoms with Crippen LogP contribution >= 0.6 is 0 Å². The van der Waals surface area contributed by atoms with Crippen molar-refractivity contribution in [2.75, 3.05) is 13.2 Å². The Labute approximate surface area is 138 Å². The Kier molecular flexibility index (Phi) is 4.61. The van der Waals surface area contributed by atoms with Gasteiger partial charge in [-0.2, -0.15) is 0 Å². The molecule has 7 nitrogen and oxygen atoms in total. The number of rotatable bonds is 4. The van der Waals surface area contributed by atoms with Crippen molar-refractivity contribution in [2.24, 2.45) is 0 Å². The molecule has 0 saturated carbocycles. The zero-order chi connectivity index (χ0) is 17.1. The first-order valence-electron chi connectivity index (χ1n) is 7.88. The van der Waals surface area contributed by atoms with Crippen molar-refractivity contribution in [1.29, 1.82) is 0 Å². The van der Waals surface area contributed by atoms with Gasteiger partial charge in [0, 0.05) is 24.4 Å². The summed E-state index contributed by atoms with van der Waals surface area (Å²) in [6.45, 7) is 2.86. The van der Waals surface area contributed by atoms with E-state index >= 15 is 0 Å². The Balaban J connectivity index is 1.82. The summed E-state index contributed by atoms with van der Waals surface area (Å²) in [5, 5.41) is 2.85. The molecule has 2 heterocycles. The minimum atomic E-state index is -0.549. The number of hydrogen-bond donors (Lipinski definition) is 3. The SMILES string of the molecule is Cc1[nH]c(=O)[nH]c(=O)c1-c1cccc(C(=O)NC[C@H]2CCCO2)c1. The van der Waals surface area contributed by atoms with E-state index < -0.39 is 11.2 Å². The number of ether oxygens (including phenoxy) is 1. The highest BCUT2D eigenvalue weighted by Crippen LogP contribution is 2.19. The minimum absolute atomic E-state index is 0.0708. The number of H-pyrrole nitrogens is 2. The largest absolute Gasteiger partial charge is 0.376 e. The smallest absolute Gasteiger partial charge is 0.325 e. The maximum Gasteiger partial charge on any atom is 0.325 e. The fourth-order valence-electron chi connectivity index (χ4n) is 2.88. The van der Waals surface area contributed by atoms with Gasteiger partial charge in [-0.1, -0.05) is 12.1 Å². The van der Waals surface area contributed by atoms with Crippen molar-refractivity contribution < 1.29 is 9.53 Å². The lowest BCUT2D eigenvalue weighted by Crippen LogP contribution is -2.31. The number of benzene rings is 1. The highest BCUT2D eigenvalue weighted by molar-refractivity contribution is 5.95. The summed E-state index contributed by atoms with van der Waals surface area (Å²) < 4.78 is 5.48. The van der Waals surface area contributed by atoms with Gasteiger partial charge in [-0.15, -0.1) is 0 Å². The molecular weight excluding hydrogens is 310 g/mol. The second-order valence-electron chi connectivity index (χ2n) is 5.83. The van der Waals surface area contributed by atoms with Gasteiger partial charge in [0.25, 0.3) is 11.5 Å². The molecular formula is C17H19N3O4. The standard InChI is InChI=1S/C17H19N3O4/c1-10-14(16(22)20-17(23)19-10)11-4-2-5-12(8-11)15(21)18-9-13-6-3-7-24-13/h2,4-5,8,13H,3,6-7,9H2,1H3,(H,18,21)(H2,19,20,22,23)/t13-/m1/s1. The van der Waals surface area contributed by atoms with Gasteiger partial charge in [-0.3, -0.25) is 14.6 Å². The summed E-state index contributed by atoms with van der Waals surface area (Å²) in [4.78, 5) is 40.4. The maximum atomic E-state index is 12.3. The molecule has 3 rings (SSSR count). The van der Waals surface area contributed by atoms with Crippen LogP contribution in [0.2, 0.25) is 0 Å². The van der Waals surface area contributed by atoms with Crippen LogP contribution < -0.4 is 16.6 Å². The highest BCUT2D eigenvalue weighted by Gasteiger charge is 2.17. The zero-order valence-electron chi connectivity index (χ0n) is 13.3. The van der Waals surface area contributed by atoms with Crippen LogP contribution in [-0.2, 0) is 4.74 Å². The molecule has 1 amide bonds. The Morgan fingerprint density at radius 2 is 2.17 bits per heavy atom. The quantitative estimate of drug-likeness (QED) is 0.777. The second-order valence-corrected chi connectivity index (χ2v) is 5.83. The number of aromatic nitrogens is 2. The molecule has 1 aliphatic heterocycles. The van der Waals surface area contributed by atoms with Gasteiger partial charge in [-0.05, 0) is 37.5 Å². The van der Waals surface area contributed by atoms with Crippen molar-refractivity contribution in [3.63, 3.8) is 0 Å². The predicted octanol–water partition coefficient (Wildman–Crippen LogP) is 0.947. The average molecular weight is 329 g/mol. The summed E-state index contributed by atoms with van der Waals surface area (Å²) in [6, 6.07) is 6.76. The molecule has 7 heteroatoms. The monoisotopic (exact) mass is 329 g/mol. The van der Waals surface area contributed by atoms with Crippen LogP contribution in [0.3, 0.4) is 0 Å². The van der Waals surface area contributed by atoms with Gasteiger partial charge in [-0.25, -0.2) is 4.79 Å². The highest BCUT2D eigenvalue weighted by atomic mass is 16.5. The molecule has 1 fully saturated rings. The van der Waals surface area contributed by atoms with Crippen molar-refractivity contribution >= 4 is 5.91 Å². The van der Waals surface area contributed by atoms with Crippen LogP contribution in [-0.4, -0.2) is 35.1 Å². The molecule has 1 atom stereocenters. The van der Waals surface area contributed by atoms with Crippen LogP contribution in [0.1, 0.15) is 28.9 Å². The number of amides is 1. The number of carbonyl (C=O) groups is 1. The van der Waals surface area contributed by atoms with Crippen LogP contribution in [0.5, 0.6) is 0 Å². The number of carbonyl (C=O) groups excluding carboxylic acids is 1. The fraction of sp³-hybridized carbons (Fsp3) is 0.353. The number of hydrogen-bond acceptors (Lipinski definition) is 4. The summed E-state index contributed by atoms with van der Waals surface area (Å²) in [7, 11) is 0. The lowest BCUT2D eigenvalue weighted by atomic mass is 10.0. The molecule has 0 bridgehead atoms. The van der Waals surface area contributed by atoms with E-state index in [1.54, 1.807) is 31.2 Å². The summed E-state index contributed by atoms with van der Waals surface area (Å²) in [5.74, 6) is -0.217. The lowest BCUT2D eigenvalue weighted by molar-refractivity contribution is 0.0858. The molecule has 0 spiro atoms. The van der Waals surface area contributed by atoms with E-state index in [1.165, 1.54) is 0 Å². The van der Waals surface area contributed by atoms with Gasteiger partial charge in [0.1, 0.15) is 0 Å². The Bertz CT molecular complexity index is 863. The molecule has 1 saturated heterocycles. The number of aromatic amines is 2. The van der Waals surface area contributed by atoms with Gasteiger partial charge in [0.15, 0.2) is 0 Å². The van der Waals surface area contributed by atoms with E-state index in [2.05, 4.69) is 15.3 Å². The van der Waals surface area contributed by atoms with Crippen LogP contribution in [0.25, 0.3) is 11.1 Å². The Morgan fingerprint density at radius 3 is 2.88 bits per heavy atom. The minimum Gasteiger partial charge on any atom is -0.376 e. The second kappa shape index (κ2) is 6.84.